The van der Waals surface area contributed by atoms with Crippen LogP contribution in [0.4, 0.5) is 0 Å². The van der Waals surface area contributed by atoms with Crippen molar-refractivity contribution in [2.24, 2.45) is 0 Å². The summed E-state index contributed by atoms with van der Waals surface area (Å²) in [7, 11) is 1.00. The topological polar surface area (TPSA) is 49.3 Å². The van der Waals surface area contributed by atoms with Gasteiger partial charge in [0.15, 0.2) is 0 Å². The van der Waals surface area contributed by atoms with Crippen LogP contribution in [0.1, 0.15) is 67.2 Å². The molecule has 1 fully saturated rings. The molecule has 0 amide bonds. The zero-order valence-electron chi connectivity index (χ0n) is 11.8. The molecule has 1 saturated heterocycles. The largest absolute Gasteiger partial charge is 0.400 e. The van der Waals surface area contributed by atoms with Gasteiger partial charge in [0.25, 0.3) is 0 Å². The fourth-order valence-corrected chi connectivity index (χ4v) is 1.45. The van der Waals surface area contributed by atoms with Gasteiger partial charge in [-0.1, -0.05) is 41.0 Å². The van der Waals surface area contributed by atoms with Crippen LogP contribution in [0.25, 0.3) is 0 Å². The Morgan fingerprint density at radius 3 is 2.12 bits per heavy atom. The molecule has 108 valence electrons. The molecule has 0 aromatic carbocycles. The van der Waals surface area contributed by atoms with Crippen molar-refractivity contribution in [1.82, 2.24) is 5.32 Å². The van der Waals surface area contributed by atoms with Gasteiger partial charge in [-0.05, 0) is 32.7 Å². The first-order valence-electron chi connectivity index (χ1n) is 6.43. The lowest BCUT2D eigenvalue weighted by molar-refractivity contribution is -0.106. The summed E-state index contributed by atoms with van der Waals surface area (Å²) in [5.74, 6) is 0. The van der Waals surface area contributed by atoms with Crippen molar-refractivity contribution in [2.45, 2.75) is 73.3 Å². The molecule has 1 rings (SSSR count). The van der Waals surface area contributed by atoms with Gasteiger partial charge in [-0.3, -0.25) is 0 Å². The number of hydrogen-bond acceptors (Lipinski definition) is 3. The van der Waals surface area contributed by atoms with Crippen LogP contribution < -0.4 is 5.32 Å². The Morgan fingerprint density at radius 1 is 1.35 bits per heavy atom. The molecule has 1 heterocycles. The molecule has 1 aliphatic rings. The summed E-state index contributed by atoms with van der Waals surface area (Å²) in [6.07, 6.45) is 7.71. The van der Waals surface area contributed by atoms with Crippen LogP contribution in [0.3, 0.4) is 0 Å². The maximum Gasteiger partial charge on any atom is 0.116 e. The highest BCUT2D eigenvalue weighted by Crippen LogP contribution is 2.11. The number of carbonyl (C=O) groups excluding carboxylic acids is 1. The Morgan fingerprint density at radius 2 is 1.82 bits per heavy atom. The highest BCUT2D eigenvalue weighted by Gasteiger charge is 2.11. The molecule has 3 nitrogen and oxygen atoms in total. The van der Waals surface area contributed by atoms with Crippen molar-refractivity contribution in [3.63, 3.8) is 0 Å². The van der Waals surface area contributed by atoms with Crippen LogP contribution in [0.15, 0.2) is 0 Å². The van der Waals surface area contributed by atoms with Crippen LogP contribution in [-0.2, 0) is 4.79 Å². The Hall–Kier alpha value is -0.410. The smallest absolute Gasteiger partial charge is 0.116 e. The van der Waals surface area contributed by atoms with Crippen molar-refractivity contribution in [3.8, 4) is 0 Å². The Kier molecular flexibility index (Phi) is 44.3. The van der Waals surface area contributed by atoms with Crippen LogP contribution in [0, 0.1) is 0 Å². The van der Waals surface area contributed by atoms with E-state index in [1.54, 1.807) is 0 Å². The quantitative estimate of drug-likeness (QED) is 0.754. The van der Waals surface area contributed by atoms with E-state index >= 15 is 0 Å². The van der Waals surface area contributed by atoms with Crippen LogP contribution >= 0.6 is 0 Å². The minimum Gasteiger partial charge on any atom is -0.400 e. The van der Waals surface area contributed by atoms with Crippen LogP contribution in [0.5, 0.6) is 0 Å². The summed E-state index contributed by atoms with van der Waals surface area (Å²) in [5, 5.41) is 10.5. The molecule has 0 bridgehead atoms. The number of unbranched alkanes of at least 4 members (excludes halogenated alkanes) is 1. The van der Waals surface area contributed by atoms with Crippen molar-refractivity contribution < 1.29 is 9.90 Å². The fraction of sp³-hybridized carbons (Fsp3) is 0.929. The van der Waals surface area contributed by atoms with E-state index in [9.17, 15) is 0 Å². The molecule has 2 N–H and O–H groups in total. The fourth-order valence-electron chi connectivity index (χ4n) is 1.45. The van der Waals surface area contributed by atoms with E-state index in [4.69, 9.17) is 9.90 Å². The summed E-state index contributed by atoms with van der Waals surface area (Å²) in [4.78, 5) is 8.81. The molecule has 17 heavy (non-hydrogen) atoms. The molecular formula is C14H35NO2. The average molecular weight is 249 g/mol. The number of nitrogens with one attached hydrogen (secondary N) is 1. The predicted octanol–water partition coefficient (Wildman–Crippen LogP) is 3.40. The molecule has 0 aliphatic carbocycles. The Balaban J connectivity index is -0.0000000911. The molecule has 1 unspecified atom stereocenters. The van der Waals surface area contributed by atoms with E-state index in [1.165, 1.54) is 45.6 Å². The lowest BCUT2D eigenvalue weighted by atomic mass is 10.1. The highest BCUT2D eigenvalue weighted by atomic mass is 16.2. The monoisotopic (exact) mass is 249 g/mol. The first-order chi connectivity index (χ1) is 7.85. The molecule has 1 aliphatic heterocycles. The number of aliphatic hydroxyl groups is 1. The predicted molar refractivity (Wildman–Crippen MR) is 78.5 cm³/mol. The minimum absolute atomic E-state index is 0. The van der Waals surface area contributed by atoms with Crippen LogP contribution in [0.2, 0.25) is 0 Å². The maximum atomic E-state index is 8.81. The third-order valence-electron chi connectivity index (χ3n) is 2.07. The summed E-state index contributed by atoms with van der Waals surface area (Å²) in [5.41, 5.74) is 0. The van der Waals surface area contributed by atoms with E-state index in [2.05, 4.69) is 12.2 Å². The van der Waals surface area contributed by atoms with E-state index in [1.807, 2.05) is 13.8 Å². The molecular weight excluding hydrogens is 214 g/mol. The first-order valence-corrected chi connectivity index (χ1v) is 6.43. The summed E-state index contributed by atoms with van der Waals surface area (Å²) < 4.78 is 0. The SMILES string of the molecule is C.CC.CC=O.CCCCC1CCCN1.CO. The van der Waals surface area contributed by atoms with Crippen molar-refractivity contribution >= 4 is 6.29 Å². The van der Waals surface area contributed by atoms with E-state index < -0.39 is 0 Å². The van der Waals surface area contributed by atoms with Gasteiger partial charge in [-0.2, -0.15) is 0 Å². The third kappa shape index (κ3) is 25.7. The lowest BCUT2D eigenvalue weighted by Crippen LogP contribution is -2.20. The van der Waals surface area contributed by atoms with Gasteiger partial charge in [0.05, 0.1) is 0 Å². The molecule has 0 aromatic rings. The van der Waals surface area contributed by atoms with Gasteiger partial charge in [-0.25, -0.2) is 0 Å². The second-order valence-electron chi connectivity index (χ2n) is 3.17. The normalized spacial score (nSPS) is 15.8. The summed E-state index contributed by atoms with van der Waals surface area (Å²) >= 11 is 0. The van der Waals surface area contributed by atoms with Gasteiger partial charge in [0.1, 0.15) is 6.29 Å². The molecule has 0 saturated carbocycles. The number of aldehydes is 1. The van der Waals surface area contributed by atoms with E-state index in [-0.39, 0.29) is 7.43 Å². The summed E-state index contributed by atoms with van der Waals surface area (Å²) in [6, 6.07) is 0.866. The van der Waals surface area contributed by atoms with E-state index in [0.717, 1.165) is 19.4 Å². The number of carbonyl (C=O) groups is 1. The zero-order chi connectivity index (χ0) is 13.2. The Bertz CT molecular complexity index is 102. The second kappa shape index (κ2) is 29.6. The average Bonchev–Trinajstić information content (AvgIpc) is 2.86. The number of rotatable bonds is 3. The molecule has 0 aromatic heterocycles. The second-order valence-corrected chi connectivity index (χ2v) is 3.17. The van der Waals surface area contributed by atoms with Crippen LogP contribution in [-0.4, -0.2) is 31.1 Å². The maximum absolute atomic E-state index is 8.81. The molecule has 0 radical (unpaired) electrons. The third-order valence-corrected chi connectivity index (χ3v) is 2.07. The number of hydrogen-bond donors (Lipinski definition) is 2. The van der Waals surface area contributed by atoms with Gasteiger partial charge in [0.2, 0.25) is 0 Å². The van der Waals surface area contributed by atoms with Gasteiger partial charge < -0.3 is 15.2 Å². The molecule has 1 atom stereocenters. The van der Waals surface area contributed by atoms with Gasteiger partial charge in [0, 0.05) is 13.2 Å². The highest BCUT2D eigenvalue weighted by molar-refractivity contribution is 5.44. The first kappa shape index (κ1) is 25.4. The Labute approximate surface area is 109 Å². The van der Waals surface area contributed by atoms with Crippen molar-refractivity contribution in [1.29, 1.82) is 0 Å². The van der Waals surface area contributed by atoms with E-state index in [0.29, 0.717) is 0 Å². The zero-order valence-corrected chi connectivity index (χ0v) is 11.8. The minimum atomic E-state index is 0. The van der Waals surface area contributed by atoms with Gasteiger partial charge in [-0.15, -0.1) is 0 Å². The van der Waals surface area contributed by atoms with Gasteiger partial charge >= 0.3 is 0 Å². The lowest BCUT2D eigenvalue weighted by Gasteiger charge is -2.06. The molecule has 0 spiro atoms. The standard InChI is InChI=1S/C8H17N.C2H4O.C2H6.CH4O.CH4/c1-2-3-5-8-6-4-7-9-8;1-2-3;2*1-2;/h8-9H,2-7H2,1H3;2H,1H3;1-2H3;2H,1H3;1H4. The number of aliphatic hydroxyl groups excluding tert-OH is 1. The van der Waals surface area contributed by atoms with Crippen molar-refractivity contribution in [2.75, 3.05) is 13.7 Å². The summed E-state index contributed by atoms with van der Waals surface area (Å²) in [6.45, 7) is 8.96. The molecule has 3 heteroatoms. The van der Waals surface area contributed by atoms with Crippen molar-refractivity contribution in [3.05, 3.63) is 0 Å².